The smallest absolute Gasteiger partial charge is 0.517 e. The number of amides is 1. The molecule has 0 aliphatic carbocycles. The van der Waals surface area contributed by atoms with Gasteiger partial charge in [-0.3, -0.25) is 0 Å². The van der Waals surface area contributed by atoms with Crippen molar-refractivity contribution in [2.45, 2.75) is 0 Å². The monoisotopic (exact) mass is 128 g/mol. The van der Waals surface area contributed by atoms with Gasteiger partial charge in [-0.2, -0.15) is 4.79 Å². The molecule has 1 aromatic rings. The van der Waals surface area contributed by atoms with Gasteiger partial charge >= 0.3 is 6.03 Å². The number of nitrogens with one attached hydrogen (secondary N) is 1. The zero-order valence-corrected chi connectivity index (χ0v) is 4.37. The van der Waals surface area contributed by atoms with Gasteiger partial charge < -0.3 is 10.3 Å². The molecule has 3 N–H and O–H groups in total. The van der Waals surface area contributed by atoms with Gasteiger partial charge in [0.05, 0.1) is 5.88 Å². The third kappa shape index (κ3) is 0.958. The topological polar surface area (TPSA) is 96.8 Å². The lowest BCUT2D eigenvalue weighted by Crippen LogP contribution is -2.48. The fraction of sp³-hybridized carbons (Fsp3) is 0. The molecule has 0 fully saturated rings. The van der Waals surface area contributed by atoms with Crippen LogP contribution in [0.3, 0.4) is 0 Å². The molecule has 0 aliphatic rings. The predicted octanol–water partition coefficient (Wildman–Crippen LogP) is -0.427. The molecule has 0 radical (unpaired) electrons. The van der Waals surface area contributed by atoms with Gasteiger partial charge in [0.1, 0.15) is 5.27 Å². The number of nitrogens with zero attached hydrogens (tertiary/aromatic N) is 2. The van der Waals surface area contributed by atoms with Crippen molar-refractivity contribution in [2.75, 3.05) is 0 Å². The molecular formula is C3H4N4O2. The van der Waals surface area contributed by atoms with Crippen molar-refractivity contribution >= 4 is 11.9 Å². The van der Waals surface area contributed by atoms with Crippen molar-refractivity contribution in [3.63, 3.8) is 0 Å². The molecule has 0 saturated heterocycles. The number of aromatic nitrogens is 2. The van der Waals surface area contributed by atoms with Crippen molar-refractivity contribution in [3.05, 3.63) is 11.9 Å². The maximum Gasteiger partial charge on any atom is 0.517 e. The van der Waals surface area contributed by atoms with Crippen molar-refractivity contribution in [2.24, 2.45) is 5.73 Å². The number of primary amides is 1. The van der Waals surface area contributed by atoms with E-state index in [2.05, 4.69) is 9.79 Å². The van der Waals surface area contributed by atoms with Crippen LogP contribution in [0.2, 0.25) is 0 Å². The molecule has 0 spiro atoms. The fourth-order valence-corrected chi connectivity index (χ4v) is 0.350. The van der Waals surface area contributed by atoms with E-state index < -0.39 is 6.03 Å². The Kier molecular flexibility index (Phi) is 1.07. The van der Waals surface area contributed by atoms with Crippen molar-refractivity contribution in [3.8, 4) is 0 Å². The fourth-order valence-electron chi connectivity index (χ4n) is 0.350. The molecule has 0 saturated carbocycles. The summed E-state index contributed by atoms with van der Waals surface area (Å²) in [5.41, 5.74) is 11.5. The van der Waals surface area contributed by atoms with Gasteiger partial charge in [-0.25, -0.2) is 5.73 Å². The van der Waals surface area contributed by atoms with Crippen LogP contribution in [0.25, 0.3) is 5.73 Å². The highest BCUT2D eigenvalue weighted by molar-refractivity contribution is 5.61. The van der Waals surface area contributed by atoms with Gasteiger partial charge in [-0.1, -0.05) is 0 Å². The molecule has 1 aromatic heterocycles. The first-order valence-electron chi connectivity index (χ1n) is 2.10. The summed E-state index contributed by atoms with van der Waals surface area (Å²) in [5, 5.41) is 3.09. The minimum Gasteiger partial charge on any atom is -0.662 e. The van der Waals surface area contributed by atoms with Crippen LogP contribution in [-0.4, -0.2) is 11.3 Å². The zero-order chi connectivity index (χ0) is 6.85. The summed E-state index contributed by atoms with van der Waals surface area (Å²) in [5.74, 6) is -0.200. The normalized spacial score (nSPS) is 9.33. The molecule has 1 rings (SSSR count). The molecule has 0 aliphatic heterocycles. The predicted molar refractivity (Wildman–Crippen MR) is 25.7 cm³/mol. The summed E-state index contributed by atoms with van der Waals surface area (Å²) in [6, 6.07) is -0.766. The SMILES string of the molecule is [NH-]c1c[n+](C(N)=O)no1. The summed E-state index contributed by atoms with van der Waals surface area (Å²) >= 11 is 0. The van der Waals surface area contributed by atoms with Crippen LogP contribution >= 0.6 is 0 Å². The first-order chi connectivity index (χ1) is 4.20. The van der Waals surface area contributed by atoms with E-state index in [9.17, 15) is 4.79 Å². The van der Waals surface area contributed by atoms with Gasteiger partial charge in [0.25, 0.3) is 0 Å². The molecule has 0 bridgehead atoms. The molecule has 0 unspecified atom stereocenters. The largest absolute Gasteiger partial charge is 0.662 e. The summed E-state index contributed by atoms with van der Waals surface area (Å²) in [7, 11) is 0. The van der Waals surface area contributed by atoms with Crippen LogP contribution in [0, 0.1) is 0 Å². The molecule has 0 aromatic carbocycles. The van der Waals surface area contributed by atoms with Crippen LogP contribution in [0.1, 0.15) is 0 Å². The number of nitrogens with two attached hydrogens (primary N) is 1. The minimum atomic E-state index is -0.766. The second kappa shape index (κ2) is 1.73. The van der Waals surface area contributed by atoms with Crippen LogP contribution in [-0.2, 0) is 0 Å². The second-order valence-corrected chi connectivity index (χ2v) is 1.35. The molecule has 9 heavy (non-hydrogen) atoms. The van der Waals surface area contributed by atoms with Crippen LogP contribution in [0.15, 0.2) is 10.7 Å². The van der Waals surface area contributed by atoms with Crippen LogP contribution < -0.4 is 10.4 Å². The van der Waals surface area contributed by atoms with Crippen LogP contribution in [0.5, 0.6) is 0 Å². The average Bonchev–Trinajstić information content (AvgIpc) is 2.14. The maximum absolute atomic E-state index is 10.2. The lowest BCUT2D eigenvalue weighted by Gasteiger charge is -1.78. The Bertz CT molecular complexity index is 229. The molecule has 0 atom stereocenters. The number of hydrogen-bond acceptors (Lipinski definition) is 3. The zero-order valence-electron chi connectivity index (χ0n) is 4.37. The second-order valence-electron chi connectivity index (χ2n) is 1.35. The molecule has 48 valence electrons. The maximum atomic E-state index is 10.2. The van der Waals surface area contributed by atoms with E-state index in [1.807, 2.05) is 0 Å². The number of carbonyl (C=O) groups excluding carboxylic acids is 1. The van der Waals surface area contributed by atoms with Crippen molar-refractivity contribution < 1.29 is 14.0 Å². The van der Waals surface area contributed by atoms with E-state index in [0.29, 0.717) is 0 Å². The highest BCUT2D eigenvalue weighted by Crippen LogP contribution is 1.99. The van der Waals surface area contributed by atoms with Crippen molar-refractivity contribution in [1.82, 2.24) is 5.27 Å². The third-order valence-electron chi connectivity index (χ3n) is 0.692. The van der Waals surface area contributed by atoms with Crippen molar-refractivity contribution in [1.29, 1.82) is 0 Å². The third-order valence-corrected chi connectivity index (χ3v) is 0.692. The van der Waals surface area contributed by atoms with Gasteiger partial charge in [0.15, 0.2) is 6.20 Å². The Morgan fingerprint density at radius 2 is 2.67 bits per heavy atom. The highest BCUT2D eigenvalue weighted by Gasteiger charge is 2.07. The number of rotatable bonds is 0. The summed E-state index contributed by atoms with van der Waals surface area (Å²) < 4.78 is 4.94. The van der Waals surface area contributed by atoms with E-state index >= 15 is 0 Å². The Morgan fingerprint density at radius 3 is 2.89 bits per heavy atom. The highest BCUT2D eigenvalue weighted by atomic mass is 16.5. The van der Waals surface area contributed by atoms with E-state index in [1.54, 1.807) is 0 Å². The minimum absolute atomic E-state index is 0.200. The molecule has 6 nitrogen and oxygen atoms in total. The summed E-state index contributed by atoms with van der Waals surface area (Å²) in [6.07, 6.45) is 1.07. The van der Waals surface area contributed by atoms with E-state index in [-0.39, 0.29) is 5.88 Å². The lowest BCUT2D eigenvalue weighted by molar-refractivity contribution is -0.645. The van der Waals surface area contributed by atoms with Gasteiger partial charge in [0, 0.05) is 0 Å². The van der Waals surface area contributed by atoms with Gasteiger partial charge in [-0.15, -0.1) is 0 Å². The molecule has 1 heterocycles. The molecule has 1 amide bonds. The van der Waals surface area contributed by atoms with E-state index in [4.69, 9.17) is 11.5 Å². The van der Waals surface area contributed by atoms with Gasteiger partial charge in [0.2, 0.25) is 0 Å². The first-order valence-corrected chi connectivity index (χ1v) is 2.10. The lowest BCUT2D eigenvalue weighted by atomic mass is 10.8. The Balaban J connectivity index is 2.98. The molecule has 6 heteroatoms. The average molecular weight is 128 g/mol. The number of carbonyl (C=O) groups is 1. The van der Waals surface area contributed by atoms with Gasteiger partial charge in [-0.05, 0) is 4.68 Å². The van der Waals surface area contributed by atoms with E-state index in [1.165, 1.54) is 0 Å². The summed E-state index contributed by atoms with van der Waals surface area (Å²) in [6.45, 7) is 0. The standard InChI is InChI=1S/C3H4N4O2/c4-2-1-7(3(5)8)6-9-2/h1H,(H3-,4,5,6,8). The summed E-state index contributed by atoms with van der Waals surface area (Å²) in [4.78, 5) is 10.2. The van der Waals surface area contributed by atoms with Crippen LogP contribution in [0.4, 0.5) is 10.7 Å². The molecular weight excluding hydrogens is 124 g/mol. The Hall–Kier alpha value is -1.59. The van der Waals surface area contributed by atoms with E-state index in [0.717, 1.165) is 10.9 Å². The number of hydrogen-bond donors (Lipinski definition) is 1. The quantitative estimate of drug-likeness (QED) is 0.480. The Labute approximate surface area is 50.0 Å². The first kappa shape index (κ1) is 5.54. The Morgan fingerprint density at radius 1 is 2.00 bits per heavy atom.